The van der Waals surface area contributed by atoms with Crippen molar-refractivity contribution in [2.75, 3.05) is 0 Å². The molecule has 4 aliphatic rings. The first-order valence-corrected chi connectivity index (χ1v) is 13.0. The largest absolute Gasteiger partial charge is 0.365 e. The Hall–Kier alpha value is -2.73. The number of carbonyl (C=O) groups is 3. The lowest BCUT2D eigenvalue weighted by molar-refractivity contribution is -0.149. The third-order valence-corrected chi connectivity index (χ3v) is 9.50. The van der Waals surface area contributed by atoms with Gasteiger partial charge in [0.25, 0.3) is 0 Å². The number of epoxide rings is 1. The number of fused-ring (bicyclic) bond motifs is 3. The molecule has 6 nitrogen and oxygen atoms in total. The van der Waals surface area contributed by atoms with Crippen LogP contribution < -0.4 is 5.32 Å². The number of allylic oxidation sites excluding steroid dienone is 1. The molecule has 2 aromatic rings. The standard InChI is InChI=1S/C29H34N2O4/c1-16-7-6-9-21-26-28(3,35-26)17(2)25-23(14-18-15-30-22-10-5-4-8-20(18)22)31-27(34)29(21,25)24(33)12-11-19(32)13-16/h4-6,8-10,15-17,21,23,25-26,30H,7,11-14H2,1-3H3,(H,31,34)/b9-6+/t16-,17-,21-,23-,25-,26?,28+,29+/m0/s1. The molecule has 1 aromatic carbocycles. The predicted octanol–water partition coefficient (Wildman–Crippen LogP) is 4.14. The van der Waals surface area contributed by atoms with Gasteiger partial charge in [-0.05, 0) is 43.2 Å². The van der Waals surface area contributed by atoms with E-state index in [0.717, 1.165) is 22.9 Å². The molecule has 1 saturated carbocycles. The van der Waals surface area contributed by atoms with Gasteiger partial charge >= 0.3 is 0 Å². The van der Waals surface area contributed by atoms with Crippen LogP contribution in [0, 0.1) is 29.1 Å². The number of nitrogens with one attached hydrogen (secondary N) is 2. The zero-order chi connectivity index (χ0) is 24.5. The first kappa shape index (κ1) is 22.7. The second kappa shape index (κ2) is 7.89. The van der Waals surface area contributed by atoms with Gasteiger partial charge in [-0.15, -0.1) is 0 Å². The number of ketones is 2. The van der Waals surface area contributed by atoms with Crippen molar-refractivity contribution in [2.45, 2.75) is 70.6 Å². The van der Waals surface area contributed by atoms with Crippen LogP contribution in [0.15, 0.2) is 42.6 Å². The van der Waals surface area contributed by atoms with Crippen LogP contribution >= 0.6 is 0 Å². The summed E-state index contributed by atoms with van der Waals surface area (Å²) in [5, 5.41) is 4.42. The van der Waals surface area contributed by atoms with Gasteiger partial charge in [-0.3, -0.25) is 14.4 Å². The molecule has 1 unspecified atom stereocenters. The van der Waals surface area contributed by atoms with E-state index in [1.165, 1.54) is 0 Å². The van der Waals surface area contributed by atoms with Crippen molar-refractivity contribution in [3.63, 3.8) is 0 Å². The van der Waals surface area contributed by atoms with Gasteiger partial charge in [0.05, 0.1) is 11.7 Å². The highest BCUT2D eigenvalue weighted by Crippen LogP contribution is 2.66. The normalized spacial score (nSPS) is 42.0. The SMILES string of the molecule is C[C@H]1C/C=C/[C@H]2C3O[C@]3(C)[C@@H](C)[C@H]3[C@H](Cc4c[nH]c5ccccc45)NC(=O)[C@]32C(=O)CCC(=O)C1. The maximum atomic E-state index is 14.1. The van der Waals surface area contributed by atoms with Crippen molar-refractivity contribution in [2.24, 2.45) is 29.1 Å². The zero-order valence-corrected chi connectivity index (χ0v) is 20.7. The summed E-state index contributed by atoms with van der Waals surface area (Å²) in [6.45, 7) is 6.34. The van der Waals surface area contributed by atoms with Crippen molar-refractivity contribution in [1.82, 2.24) is 10.3 Å². The molecule has 2 aliphatic heterocycles. The number of amides is 1. The highest BCUT2D eigenvalue weighted by Gasteiger charge is 2.78. The number of ether oxygens (including phenoxy) is 1. The minimum atomic E-state index is -1.19. The van der Waals surface area contributed by atoms with E-state index in [9.17, 15) is 14.4 Å². The molecule has 1 amide bonds. The van der Waals surface area contributed by atoms with Crippen molar-refractivity contribution < 1.29 is 19.1 Å². The second-order valence-electron chi connectivity index (χ2n) is 11.5. The fourth-order valence-electron chi connectivity index (χ4n) is 7.55. The van der Waals surface area contributed by atoms with Gasteiger partial charge in [0.2, 0.25) is 5.91 Å². The highest BCUT2D eigenvalue weighted by molar-refractivity contribution is 6.10. The molecule has 0 radical (unpaired) electrons. The quantitative estimate of drug-likeness (QED) is 0.389. The summed E-state index contributed by atoms with van der Waals surface area (Å²) in [7, 11) is 0. The number of hydrogen-bond acceptors (Lipinski definition) is 4. The number of hydrogen-bond donors (Lipinski definition) is 2. The van der Waals surface area contributed by atoms with Crippen LogP contribution in [0.1, 0.15) is 52.0 Å². The van der Waals surface area contributed by atoms with Gasteiger partial charge in [-0.25, -0.2) is 0 Å². The van der Waals surface area contributed by atoms with E-state index in [4.69, 9.17) is 4.74 Å². The van der Waals surface area contributed by atoms with Gasteiger partial charge in [0.15, 0.2) is 0 Å². The Morgan fingerprint density at radius 2 is 1.91 bits per heavy atom. The average molecular weight is 475 g/mol. The van der Waals surface area contributed by atoms with Crippen molar-refractivity contribution in [1.29, 1.82) is 0 Å². The molecule has 0 bridgehead atoms. The second-order valence-corrected chi connectivity index (χ2v) is 11.5. The van der Waals surface area contributed by atoms with Crippen LogP contribution in [0.4, 0.5) is 0 Å². The minimum Gasteiger partial charge on any atom is -0.365 e. The molecule has 6 heteroatoms. The molecule has 2 N–H and O–H groups in total. The average Bonchev–Trinajstić information content (AvgIpc) is 3.23. The van der Waals surface area contributed by atoms with Crippen LogP contribution in [0.2, 0.25) is 0 Å². The lowest BCUT2D eigenvalue weighted by Crippen LogP contribution is -2.58. The van der Waals surface area contributed by atoms with E-state index in [0.29, 0.717) is 12.8 Å². The van der Waals surface area contributed by atoms with Gasteiger partial charge in [-0.2, -0.15) is 0 Å². The Balaban J connectivity index is 1.45. The molecular weight excluding hydrogens is 440 g/mol. The zero-order valence-electron chi connectivity index (χ0n) is 20.7. The summed E-state index contributed by atoms with van der Waals surface area (Å²) >= 11 is 0. The molecular formula is C29H34N2O4. The van der Waals surface area contributed by atoms with Crippen LogP contribution in [-0.4, -0.2) is 40.2 Å². The van der Waals surface area contributed by atoms with Gasteiger partial charge in [-0.1, -0.05) is 44.2 Å². The smallest absolute Gasteiger partial charge is 0.235 e. The fraction of sp³-hybridized carbons (Fsp3) is 0.552. The summed E-state index contributed by atoms with van der Waals surface area (Å²) in [5.74, 6) is -0.442. The van der Waals surface area contributed by atoms with Crippen molar-refractivity contribution in [3.8, 4) is 0 Å². The molecule has 2 aliphatic carbocycles. The number of para-hydroxylation sites is 1. The number of carbonyl (C=O) groups excluding carboxylic acids is 3. The van der Waals surface area contributed by atoms with Gasteiger partial charge < -0.3 is 15.0 Å². The topological polar surface area (TPSA) is 91.6 Å². The van der Waals surface area contributed by atoms with E-state index in [-0.39, 0.29) is 71.7 Å². The van der Waals surface area contributed by atoms with E-state index in [1.807, 2.05) is 24.4 Å². The Kier molecular flexibility index (Phi) is 5.12. The lowest BCUT2D eigenvalue weighted by Gasteiger charge is -2.46. The number of rotatable bonds is 2. The molecule has 35 heavy (non-hydrogen) atoms. The van der Waals surface area contributed by atoms with E-state index < -0.39 is 5.41 Å². The maximum Gasteiger partial charge on any atom is 0.235 e. The molecule has 184 valence electrons. The molecule has 2 saturated heterocycles. The molecule has 1 spiro atoms. The summed E-state index contributed by atoms with van der Waals surface area (Å²) in [6, 6.07) is 7.99. The molecule has 3 heterocycles. The van der Waals surface area contributed by atoms with E-state index in [1.54, 1.807) is 0 Å². The lowest BCUT2D eigenvalue weighted by atomic mass is 9.51. The number of aromatic nitrogens is 1. The molecule has 6 rings (SSSR count). The van der Waals surface area contributed by atoms with Crippen LogP contribution in [0.5, 0.6) is 0 Å². The predicted molar refractivity (Wildman–Crippen MR) is 133 cm³/mol. The Labute approximate surface area is 205 Å². The van der Waals surface area contributed by atoms with Gasteiger partial charge in [0.1, 0.15) is 17.0 Å². The monoisotopic (exact) mass is 474 g/mol. The highest BCUT2D eigenvalue weighted by atomic mass is 16.6. The number of benzene rings is 1. The molecule has 3 fully saturated rings. The minimum absolute atomic E-state index is 0.0232. The molecule has 1 aromatic heterocycles. The number of aromatic amines is 1. The summed E-state index contributed by atoms with van der Waals surface area (Å²) in [6.07, 6.45) is 8.23. The Bertz CT molecular complexity index is 1250. The van der Waals surface area contributed by atoms with Crippen molar-refractivity contribution >= 4 is 28.4 Å². The number of H-pyrrole nitrogens is 1. The van der Waals surface area contributed by atoms with Crippen LogP contribution in [0.25, 0.3) is 10.9 Å². The van der Waals surface area contributed by atoms with Crippen LogP contribution in [0.3, 0.4) is 0 Å². The fourth-order valence-corrected chi connectivity index (χ4v) is 7.55. The van der Waals surface area contributed by atoms with E-state index in [2.05, 4.69) is 49.3 Å². The van der Waals surface area contributed by atoms with E-state index >= 15 is 0 Å². The summed E-state index contributed by atoms with van der Waals surface area (Å²) < 4.78 is 6.32. The van der Waals surface area contributed by atoms with Crippen molar-refractivity contribution in [3.05, 3.63) is 48.2 Å². The third kappa shape index (κ3) is 3.22. The van der Waals surface area contributed by atoms with Crippen LogP contribution in [-0.2, 0) is 25.5 Å². The third-order valence-electron chi connectivity index (χ3n) is 9.50. The maximum absolute atomic E-state index is 14.1. The summed E-state index contributed by atoms with van der Waals surface area (Å²) in [4.78, 5) is 44.0. The molecule has 8 atom stereocenters. The number of Topliss-reactive ketones (excluding diaryl/α,β-unsaturated/α-hetero) is 2. The summed E-state index contributed by atoms with van der Waals surface area (Å²) in [5.41, 5.74) is 0.659. The first-order chi connectivity index (χ1) is 16.8. The first-order valence-electron chi connectivity index (χ1n) is 13.0. The van der Waals surface area contributed by atoms with Gasteiger partial charge in [0, 0.05) is 54.2 Å². The Morgan fingerprint density at radius 3 is 2.74 bits per heavy atom. The Morgan fingerprint density at radius 1 is 1.11 bits per heavy atom.